The first-order valence-electron chi connectivity index (χ1n) is 9.68. The quantitative estimate of drug-likeness (QED) is 0.486. The molecule has 0 radical (unpaired) electrons. The smallest absolute Gasteiger partial charge is 0.166 e. The van der Waals surface area contributed by atoms with Crippen molar-refractivity contribution in [2.24, 2.45) is 0 Å². The number of ether oxygens (including phenoxy) is 2. The summed E-state index contributed by atoms with van der Waals surface area (Å²) in [4.78, 5) is 0. The summed E-state index contributed by atoms with van der Waals surface area (Å²) in [6, 6.07) is 19.2. The molecule has 30 heavy (non-hydrogen) atoms. The Hall–Kier alpha value is -2.60. The number of aliphatic hydroxyl groups excluding tert-OH is 1. The molecule has 3 aromatic carbocycles. The third-order valence-electron chi connectivity index (χ3n) is 4.90. The van der Waals surface area contributed by atoms with E-state index in [1.807, 2.05) is 55.5 Å². The van der Waals surface area contributed by atoms with Gasteiger partial charge in [-0.1, -0.05) is 60.1 Å². The van der Waals surface area contributed by atoms with Crippen LogP contribution in [-0.4, -0.2) is 18.3 Å². The summed E-state index contributed by atoms with van der Waals surface area (Å²) >= 11 is 6.11. The summed E-state index contributed by atoms with van der Waals surface area (Å²) in [5, 5.41) is 14.2. The Kier molecular flexibility index (Phi) is 7.69. The lowest BCUT2D eigenvalue weighted by Gasteiger charge is -2.22. The largest absolute Gasteiger partial charge is 0.493 e. The first-order chi connectivity index (χ1) is 14.5. The summed E-state index contributed by atoms with van der Waals surface area (Å²) in [7, 11) is 1.58. The van der Waals surface area contributed by atoms with E-state index < -0.39 is 11.9 Å². The topological polar surface area (TPSA) is 50.7 Å². The van der Waals surface area contributed by atoms with Crippen LogP contribution in [0.2, 0.25) is 5.02 Å². The molecule has 0 spiro atoms. The fourth-order valence-electron chi connectivity index (χ4n) is 3.14. The zero-order chi connectivity index (χ0) is 21.5. The number of methoxy groups -OCH3 is 1. The second-order valence-corrected chi connectivity index (χ2v) is 7.41. The molecule has 0 aliphatic heterocycles. The second-order valence-electron chi connectivity index (χ2n) is 7.00. The molecule has 3 rings (SSSR count). The van der Waals surface area contributed by atoms with E-state index in [9.17, 15) is 9.50 Å². The average Bonchev–Trinajstić information content (AvgIpc) is 2.77. The minimum Gasteiger partial charge on any atom is -0.493 e. The summed E-state index contributed by atoms with van der Waals surface area (Å²) in [5.74, 6) is 0.773. The van der Waals surface area contributed by atoms with Gasteiger partial charge in [0, 0.05) is 23.7 Å². The monoisotopic (exact) mass is 429 g/mol. The fourth-order valence-corrected chi connectivity index (χ4v) is 3.36. The van der Waals surface area contributed by atoms with Crippen LogP contribution in [0.15, 0.2) is 66.7 Å². The number of para-hydroxylation sites is 1. The molecule has 0 aliphatic carbocycles. The van der Waals surface area contributed by atoms with Gasteiger partial charge in [-0.2, -0.15) is 0 Å². The van der Waals surface area contributed by atoms with Gasteiger partial charge in [-0.25, -0.2) is 4.39 Å². The van der Waals surface area contributed by atoms with E-state index in [1.165, 1.54) is 12.1 Å². The molecule has 0 fully saturated rings. The van der Waals surface area contributed by atoms with E-state index in [1.54, 1.807) is 13.2 Å². The zero-order valence-electron chi connectivity index (χ0n) is 16.9. The summed E-state index contributed by atoms with van der Waals surface area (Å²) in [5.41, 5.74) is 2.40. The SMILES string of the molecule is COc1cccc(CNC(C)C(O)c2ccccc2)c1OCc1ccc(F)cc1Cl. The van der Waals surface area contributed by atoms with Crippen molar-refractivity contribution in [2.45, 2.75) is 32.2 Å². The van der Waals surface area contributed by atoms with Crippen LogP contribution in [0.25, 0.3) is 0 Å². The van der Waals surface area contributed by atoms with Crippen molar-refractivity contribution in [3.63, 3.8) is 0 Å². The predicted octanol–water partition coefficient (Wildman–Crippen LogP) is 5.28. The summed E-state index contributed by atoms with van der Waals surface area (Å²) < 4.78 is 24.7. The van der Waals surface area contributed by atoms with Crippen molar-refractivity contribution in [1.29, 1.82) is 0 Å². The van der Waals surface area contributed by atoms with Gasteiger partial charge in [-0.15, -0.1) is 0 Å². The number of hydrogen-bond acceptors (Lipinski definition) is 4. The Morgan fingerprint density at radius 2 is 1.80 bits per heavy atom. The number of halogens is 2. The highest BCUT2D eigenvalue weighted by atomic mass is 35.5. The van der Waals surface area contributed by atoms with Gasteiger partial charge in [0.05, 0.1) is 18.2 Å². The molecule has 6 heteroatoms. The van der Waals surface area contributed by atoms with Gasteiger partial charge in [0.25, 0.3) is 0 Å². The van der Waals surface area contributed by atoms with Gasteiger partial charge in [-0.05, 0) is 30.7 Å². The lowest BCUT2D eigenvalue weighted by molar-refractivity contribution is 0.135. The Morgan fingerprint density at radius 3 is 2.50 bits per heavy atom. The van der Waals surface area contributed by atoms with Crippen molar-refractivity contribution in [3.05, 3.63) is 94.3 Å². The van der Waals surface area contributed by atoms with Gasteiger partial charge in [0.1, 0.15) is 12.4 Å². The van der Waals surface area contributed by atoms with Crippen molar-refractivity contribution >= 4 is 11.6 Å². The lowest BCUT2D eigenvalue weighted by atomic mass is 10.0. The molecule has 0 aromatic heterocycles. The minimum atomic E-state index is -0.640. The van der Waals surface area contributed by atoms with Crippen molar-refractivity contribution in [2.75, 3.05) is 7.11 Å². The Morgan fingerprint density at radius 1 is 1.03 bits per heavy atom. The van der Waals surface area contributed by atoms with Crippen molar-refractivity contribution in [3.8, 4) is 11.5 Å². The van der Waals surface area contributed by atoms with Crippen LogP contribution in [0.3, 0.4) is 0 Å². The molecular weight excluding hydrogens is 405 g/mol. The predicted molar refractivity (Wildman–Crippen MR) is 116 cm³/mol. The first-order valence-corrected chi connectivity index (χ1v) is 10.1. The lowest BCUT2D eigenvalue weighted by Crippen LogP contribution is -2.31. The van der Waals surface area contributed by atoms with Crippen LogP contribution >= 0.6 is 11.6 Å². The molecule has 3 aromatic rings. The molecular formula is C24H25ClFNO3. The number of rotatable bonds is 9. The number of benzene rings is 3. The number of aliphatic hydroxyl groups is 1. The maximum absolute atomic E-state index is 13.3. The molecule has 4 nitrogen and oxygen atoms in total. The van der Waals surface area contributed by atoms with E-state index in [0.717, 1.165) is 11.1 Å². The molecule has 0 bridgehead atoms. The van der Waals surface area contributed by atoms with Gasteiger partial charge >= 0.3 is 0 Å². The third-order valence-corrected chi connectivity index (χ3v) is 5.25. The molecule has 0 saturated heterocycles. The normalized spacial score (nSPS) is 13.0. The highest BCUT2D eigenvalue weighted by molar-refractivity contribution is 6.31. The van der Waals surface area contributed by atoms with Crippen LogP contribution in [0.1, 0.15) is 29.7 Å². The fraction of sp³-hybridized carbons (Fsp3) is 0.250. The second kappa shape index (κ2) is 10.4. The Bertz CT molecular complexity index is 968. The molecule has 0 heterocycles. The number of hydrogen-bond donors (Lipinski definition) is 2. The summed E-state index contributed by atoms with van der Waals surface area (Å²) in [6.45, 7) is 2.57. The van der Waals surface area contributed by atoms with Crippen LogP contribution in [-0.2, 0) is 13.2 Å². The van der Waals surface area contributed by atoms with Crippen LogP contribution in [0.4, 0.5) is 4.39 Å². The van der Waals surface area contributed by atoms with Crippen LogP contribution in [0, 0.1) is 5.82 Å². The highest BCUT2D eigenvalue weighted by Crippen LogP contribution is 2.33. The Labute approximate surface area is 181 Å². The number of nitrogens with one attached hydrogen (secondary N) is 1. The van der Waals surface area contributed by atoms with E-state index >= 15 is 0 Å². The van der Waals surface area contributed by atoms with E-state index in [0.29, 0.717) is 28.6 Å². The standard InChI is InChI=1S/C24H25ClFNO3/c1-16(23(28)17-7-4-3-5-8-17)27-14-18-9-6-10-22(29-2)24(18)30-15-19-11-12-20(26)13-21(19)25/h3-13,16,23,27-28H,14-15H2,1-2H3. The van der Waals surface area contributed by atoms with Gasteiger partial charge in [0.15, 0.2) is 11.5 Å². The Balaban J connectivity index is 1.71. The van der Waals surface area contributed by atoms with Gasteiger partial charge in [0.2, 0.25) is 0 Å². The third kappa shape index (κ3) is 5.51. The van der Waals surface area contributed by atoms with Crippen LogP contribution < -0.4 is 14.8 Å². The van der Waals surface area contributed by atoms with Gasteiger partial charge < -0.3 is 19.9 Å². The summed E-state index contributed by atoms with van der Waals surface area (Å²) in [6.07, 6.45) is -0.640. The van der Waals surface area contributed by atoms with E-state index in [2.05, 4.69) is 5.32 Å². The van der Waals surface area contributed by atoms with E-state index in [4.69, 9.17) is 21.1 Å². The molecule has 0 saturated carbocycles. The van der Waals surface area contributed by atoms with Gasteiger partial charge in [-0.3, -0.25) is 0 Å². The maximum Gasteiger partial charge on any atom is 0.166 e. The molecule has 158 valence electrons. The molecule has 2 atom stereocenters. The highest BCUT2D eigenvalue weighted by Gasteiger charge is 2.18. The molecule has 0 aliphatic rings. The first kappa shape index (κ1) is 22.1. The molecule has 2 unspecified atom stereocenters. The van der Waals surface area contributed by atoms with Crippen molar-refractivity contribution < 1.29 is 19.0 Å². The van der Waals surface area contributed by atoms with E-state index in [-0.39, 0.29) is 12.6 Å². The van der Waals surface area contributed by atoms with Crippen LogP contribution in [0.5, 0.6) is 11.5 Å². The minimum absolute atomic E-state index is 0.175. The zero-order valence-corrected chi connectivity index (χ0v) is 17.7. The average molecular weight is 430 g/mol. The molecule has 2 N–H and O–H groups in total. The van der Waals surface area contributed by atoms with Crippen molar-refractivity contribution in [1.82, 2.24) is 5.32 Å². The maximum atomic E-state index is 13.3. The molecule has 0 amide bonds.